The molecule has 0 saturated carbocycles. The summed E-state index contributed by atoms with van der Waals surface area (Å²) in [6.45, 7) is 8.76. The highest BCUT2D eigenvalue weighted by Gasteiger charge is 2.36. The van der Waals surface area contributed by atoms with Crippen molar-refractivity contribution in [2.45, 2.75) is 52.7 Å². The molecule has 20 heavy (non-hydrogen) atoms. The first-order chi connectivity index (χ1) is 9.34. The fourth-order valence-corrected chi connectivity index (χ4v) is 2.58. The van der Waals surface area contributed by atoms with Gasteiger partial charge in [-0.3, -0.25) is 4.79 Å². The second-order valence-corrected chi connectivity index (χ2v) is 5.61. The van der Waals surface area contributed by atoms with Crippen molar-refractivity contribution in [3.05, 3.63) is 0 Å². The number of carbonyl (C=O) groups is 2. The van der Waals surface area contributed by atoms with Crippen molar-refractivity contribution in [1.29, 1.82) is 0 Å². The molecule has 0 aromatic carbocycles. The van der Waals surface area contributed by atoms with E-state index in [1.807, 2.05) is 27.7 Å². The molecule has 6 heteroatoms. The lowest BCUT2D eigenvalue weighted by molar-refractivity contribution is -0.149. The van der Waals surface area contributed by atoms with Crippen molar-refractivity contribution in [3.8, 4) is 0 Å². The molecule has 1 heterocycles. The zero-order valence-electron chi connectivity index (χ0n) is 12.8. The van der Waals surface area contributed by atoms with Crippen molar-refractivity contribution in [1.82, 2.24) is 10.2 Å². The predicted molar refractivity (Wildman–Crippen MR) is 75.6 cm³/mol. The molecule has 0 bridgehead atoms. The summed E-state index contributed by atoms with van der Waals surface area (Å²) < 4.78 is 5.58. The number of carboxylic acid groups (broad SMARTS) is 1. The normalized spacial score (nSPS) is 23.5. The highest BCUT2D eigenvalue weighted by atomic mass is 16.5. The number of ether oxygens (including phenoxy) is 1. The number of aliphatic carboxylic acids is 1. The quantitative estimate of drug-likeness (QED) is 0.806. The third-order valence-corrected chi connectivity index (χ3v) is 4.09. The van der Waals surface area contributed by atoms with E-state index < -0.39 is 11.4 Å². The van der Waals surface area contributed by atoms with E-state index in [4.69, 9.17) is 4.74 Å². The highest BCUT2D eigenvalue weighted by molar-refractivity contribution is 5.78. The lowest BCUT2D eigenvalue weighted by Gasteiger charge is -2.36. The lowest BCUT2D eigenvalue weighted by Crippen LogP contribution is -2.53. The van der Waals surface area contributed by atoms with Gasteiger partial charge in [-0.1, -0.05) is 13.8 Å². The summed E-state index contributed by atoms with van der Waals surface area (Å²) in [6.07, 6.45) is 1.00. The van der Waals surface area contributed by atoms with Gasteiger partial charge in [0.1, 0.15) is 0 Å². The van der Waals surface area contributed by atoms with Crippen molar-refractivity contribution in [3.63, 3.8) is 0 Å². The zero-order valence-corrected chi connectivity index (χ0v) is 12.8. The molecule has 1 fully saturated rings. The smallest absolute Gasteiger partial charge is 0.317 e. The molecule has 1 saturated heterocycles. The molecule has 116 valence electrons. The van der Waals surface area contributed by atoms with Gasteiger partial charge in [-0.25, -0.2) is 4.79 Å². The SMILES string of the molecule is CCC(CC)(CNC(=O)N1CC(C)OC(C)C1)C(=O)O. The van der Waals surface area contributed by atoms with Gasteiger partial charge in [0.15, 0.2) is 0 Å². The molecule has 0 spiro atoms. The van der Waals surface area contributed by atoms with Crippen LogP contribution in [0.2, 0.25) is 0 Å². The zero-order chi connectivity index (χ0) is 15.3. The molecule has 0 aliphatic carbocycles. The molecule has 0 radical (unpaired) electrons. The maximum Gasteiger partial charge on any atom is 0.317 e. The molecule has 1 rings (SSSR count). The Morgan fingerprint density at radius 2 is 1.75 bits per heavy atom. The van der Waals surface area contributed by atoms with Crippen LogP contribution in [0.15, 0.2) is 0 Å². The number of urea groups is 1. The van der Waals surface area contributed by atoms with Crippen LogP contribution in [-0.4, -0.2) is 53.8 Å². The Balaban J connectivity index is 2.59. The second kappa shape index (κ2) is 6.92. The van der Waals surface area contributed by atoms with Crippen LogP contribution in [0.1, 0.15) is 40.5 Å². The molecule has 1 aliphatic rings. The summed E-state index contributed by atoms with van der Waals surface area (Å²) in [5.74, 6) is -0.855. The Kier molecular flexibility index (Phi) is 5.80. The van der Waals surface area contributed by atoms with E-state index in [9.17, 15) is 14.7 Å². The van der Waals surface area contributed by atoms with Gasteiger partial charge in [0, 0.05) is 19.6 Å². The molecule has 2 N–H and O–H groups in total. The maximum atomic E-state index is 12.2. The van der Waals surface area contributed by atoms with E-state index in [0.717, 1.165) is 0 Å². The van der Waals surface area contributed by atoms with Gasteiger partial charge in [0.2, 0.25) is 0 Å². The van der Waals surface area contributed by atoms with E-state index in [0.29, 0.717) is 25.9 Å². The Bertz CT molecular complexity index is 345. The van der Waals surface area contributed by atoms with Gasteiger partial charge in [-0.05, 0) is 26.7 Å². The van der Waals surface area contributed by atoms with E-state index >= 15 is 0 Å². The molecule has 0 aromatic heterocycles. The molecule has 2 amide bonds. The van der Waals surface area contributed by atoms with Gasteiger partial charge in [-0.15, -0.1) is 0 Å². The van der Waals surface area contributed by atoms with Crippen LogP contribution in [0, 0.1) is 5.41 Å². The van der Waals surface area contributed by atoms with Crippen LogP contribution in [0.3, 0.4) is 0 Å². The molecule has 1 aliphatic heterocycles. The third kappa shape index (κ3) is 3.85. The van der Waals surface area contributed by atoms with E-state index in [2.05, 4.69) is 5.32 Å². The van der Waals surface area contributed by atoms with Gasteiger partial charge in [-0.2, -0.15) is 0 Å². The first kappa shape index (κ1) is 16.8. The third-order valence-electron chi connectivity index (χ3n) is 4.09. The maximum absolute atomic E-state index is 12.2. The highest BCUT2D eigenvalue weighted by Crippen LogP contribution is 2.25. The molecular weight excluding hydrogens is 260 g/mol. The number of carbonyl (C=O) groups excluding carboxylic acids is 1. The summed E-state index contributed by atoms with van der Waals surface area (Å²) in [5.41, 5.74) is -0.876. The Labute approximate surface area is 120 Å². The number of nitrogens with one attached hydrogen (secondary N) is 1. The van der Waals surface area contributed by atoms with Crippen LogP contribution in [0.25, 0.3) is 0 Å². The number of carboxylic acids is 1. The first-order valence-electron chi connectivity index (χ1n) is 7.26. The summed E-state index contributed by atoms with van der Waals surface area (Å²) in [5, 5.41) is 12.1. The molecular formula is C14H26N2O4. The van der Waals surface area contributed by atoms with Crippen LogP contribution in [0.5, 0.6) is 0 Å². The van der Waals surface area contributed by atoms with Crippen LogP contribution in [-0.2, 0) is 9.53 Å². The Morgan fingerprint density at radius 3 is 2.15 bits per heavy atom. The first-order valence-corrected chi connectivity index (χ1v) is 7.26. The molecule has 6 nitrogen and oxygen atoms in total. The number of rotatable bonds is 5. The van der Waals surface area contributed by atoms with Crippen molar-refractivity contribution < 1.29 is 19.4 Å². The van der Waals surface area contributed by atoms with Crippen LogP contribution in [0.4, 0.5) is 4.79 Å². The minimum atomic E-state index is -0.876. The van der Waals surface area contributed by atoms with Gasteiger partial charge in [0.05, 0.1) is 17.6 Å². The predicted octanol–water partition coefficient (Wildman–Crippen LogP) is 1.70. The van der Waals surface area contributed by atoms with E-state index in [1.54, 1.807) is 4.90 Å². The van der Waals surface area contributed by atoms with Crippen molar-refractivity contribution >= 4 is 12.0 Å². The molecule has 2 atom stereocenters. The fraction of sp³-hybridized carbons (Fsp3) is 0.857. The van der Waals surface area contributed by atoms with E-state index in [1.165, 1.54) is 0 Å². The van der Waals surface area contributed by atoms with Gasteiger partial charge >= 0.3 is 12.0 Å². The van der Waals surface area contributed by atoms with Crippen LogP contribution >= 0.6 is 0 Å². The average molecular weight is 286 g/mol. The largest absolute Gasteiger partial charge is 0.481 e. The Hall–Kier alpha value is -1.30. The van der Waals surface area contributed by atoms with Crippen molar-refractivity contribution in [2.24, 2.45) is 5.41 Å². The minimum Gasteiger partial charge on any atom is -0.481 e. The molecule has 0 aromatic rings. The van der Waals surface area contributed by atoms with Gasteiger partial charge in [0.25, 0.3) is 0 Å². The summed E-state index contributed by atoms with van der Waals surface area (Å²) in [4.78, 5) is 25.2. The second-order valence-electron chi connectivity index (χ2n) is 5.61. The monoisotopic (exact) mass is 286 g/mol. The number of nitrogens with zero attached hydrogens (tertiary/aromatic N) is 1. The Morgan fingerprint density at radius 1 is 1.25 bits per heavy atom. The molecule has 2 unspecified atom stereocenters. The average Bonchev–Trinajstić information content (AvgIpc) is 2.38. The van der Waals surface area contributed by atoms with Crippen molar-refractivity contribution in [2.75, 3.05) is 19.6 Å². The van der Waals surface area contributed by atoms with Crippen LogP contribution < -0.4 is 5.32 Å². The summed E-state index contributed by atoms with van der Waals surface area (Å²) in [6, 6.07) is -0.209. The minimum absolute atomic E-state index is 0.00563. The van der Waals surface area contributed by atoms with Gasteiger partial charge < -0.3 is 20.1 Å². The summed E-state index contributed by atoms with van der Waals surface area (Å²) >= 11 is 0. The number of amides is 2. The number of hydrogen-bond acceptors (Lipinski definition) is 3. The summed E-state index contributed by atoms with van der Waals surface area (Å²) in [7, 11) is 0. The number of morpholine rings is 1. The lowest BCUT2D eigenvalue weighted by atomic mass is 9.82. The number of hydrogen-bond donors (Lipinski definition) is 2. The van der Waals surface area contributed by atoms with E-state index in [-0.39, 0.29) is 24.8 Å². The standard InChI is InChI=1S/C14H26N2O4/c1-5-14(6-2,12(17)18)9-15-13(19)16-7-10(3)20-11(4)8-16/h10-11H,5-9H2,1-4H3,(H,15,19)(H,17,18). The topological polar surface area (TPSA) is 78.9 Å². The fourth-order valence-electron chi connectivity index (χ4n) is 2.58.